The van der Waals surface area contributed by atoms with Crippen molar-refractivity contribution in [3.8, 4) is 0 Å². The van der Waals surface area contributed by atoms with Crippen molar-refractivity contribution in [3.05, 3.63) is 64.6 Å². The highest BCUT2D eigenvalue weighted by Gasteiger charge is 2.33. The van der Waals surface area contributed by atoms with Gasteiger partial charge in [-0.05, 0) is 45.1 Å². The van der Waals surface area contributed by atoms with Gasteiger partial charge in [-0.15, -0.1) is 11.3 Å². The molecule has 0 radical (unpaired) electrons. The van der Waals surface area contributed by atoms with E-state index in [0.717, 1.165) is 5.56 Å². The minimum Gasteiger partial charge on any atom is -0.461 e. The number of esters is 2. The van der Waals surface area contributed by atoms with Crippen molar-refractivity contribution in [3.63, 3.8) is 0 Å². The zero-order valence-electron chi connectivity index (χ0n) is 27.1. The Morgan fingerprint density at radius 2 is 1.75 bits per heavy atom. The number of aromatic nitrogens is 1. The Hall–Kier alpha value is -3.73. The molecule has 1 N–H and O–H groups in total. The second kappa shape index (κ2) is 16.9. The molecule has 0 saturated heterocycles. The number of nitrogens with one attached hydrogen (secondary N) is 1. The van der Waals surface area contributed by atoms with Crippen LogP contribution in [-0.2, 0) is 30.2 Å². The molecule has 0 aliphatic rings. The zero-order valence-corrected chi connectivity index (χ0v) is 27.9. The standard InChI is InChI=1S/C33H47N3O7S/c1-10-16-41-31(39)22(4)17-25(18-24-14-12-11-13-15-24)34-29(38)26-20-44-30(35-26)28(42-23(5)37)19-27(21(2)3)36(9)32(40)43-33(6,7)8/h10-15,20-22,25,27-28H,1,16-19H2,2-9H3,(H,34,38)/t22-,25+,27+,28-/m0/s1. The molecule has 2 aromatic rings. The van der Waals surface area contributed by atoms with Gasteiger partial charge < -0.3 is 24.4 Å². The van der Waals surface area contributed by atoms with Crippen molar-refractivity contribution in [2.24, 2.45) is 11.8 Å². The fourth-order valence-electron chi connectivity index (χ4n) is 4.66. The van der Waals surface area contributed by atoms with E-state index in [1.165, 1.54) is 29.2 Å². The van der Waals surface area contributed by atoms with E-state index in [4.69, 9.17) is 14.2 Å². The predicted molar refractivity (Wildman–Crippen MR) is 170 cm³/mol. The maximum atomic E-state index is 13.4. The Bertz CT molecular complexity index is 1260. The molecule has 0 bridgehead atoms. The lowest BCUT2D eigenvalue weighted by Crippen LogP contribution is -2.44. The highest BCUT2D eigenvalue weighted by Crippen LogP contribution is 2.31. The van der Waals surface area contributed by atoms with Gasteiger partial charge in [0.05, 0.1) is 5.92 Å². The minimum atomic E-state index is -0.781. The van der Waals surface area contributed by atoms with Gasteiger partial charge in [0.15, 0.2) is 6.10 Å². The quantitative estimate of drug-likeness (QED) is 0.142. The fraction of sp³-hybridized carbons (Fsp3) is 0.545. The number of amides is 2. The van der Waals surface area contributed by atoms with Crippen molar-refractivity contribution >= 4 is 35.3 Å². The predicted octanol–water partition coefficient (Wildman–Crippen LogP) is 6.13. The third kappa shape index (κ3) is 12.1. The van der Waals surface area contributed by atoms with Crippen molar-refractivity contribution in [2.45, 2.75) is 91.5 Å². The number of nitrogens with zero attached hydrogens (tertiary/aromatic N) is 2. The molecule has 10 nitrogen and oxygen atoms in total. The third-order valence-electron chi connectivity index (χ3n) is 6.79. The van der Waals surface area contributed by atoms with Gasteiger partial charge in [0.1, 0.15) is 22.9 Å². The van der Waals surface area contributed by atoms with Crippen molar-refractivity contribution in [1.29, 1.82) is 0 Å². The van der Waals surface area contributed by atoms with Crippen LogP contribution in [0.3, 0.4) is 0 Å². The summed E-state index contributed by atoms with van der Waals surface area (Å²) in [5.41, 5.74) is 0.512. The summed E-state index contributed by atoms with van der Waals surface area (Å²) in [6.07, 6.45) is 1.38. The Kier molecular flexibility index (Phi) is 14.0. The van der Waals surface area contributed by atoms with Crippen LogP contribution in [-0.4, -0.2) is 65.2 Å². The van der Waals surface area contributed by atoms with Gasteiger partial charge in [-0.1, -0.05) is 63.8 Å². The first-order valence-corrected chi connectivity index (χ1v) is 15.7. The Morgan fingerprint density at radius 1 is 1.09 bits per heavy atom. The molecule has 0 unspecified atom stereocenters. The van der Waals surface area contributed by atoms with Crippen LogP contribution in [0.2, 0.25) is 0 Å². The van der Waals surface area contributed by atoms with Crippen LogP contribution >= 0.6 is 11.3 Å². The summed E-state index contributed by atoms with van der Waals surface area (Å²) < 4.78 is 16.4. The molecule has 11 heteroatoms. The number of hydrogen-bond acceptors (Lipinski definition) is 9. The van der Waals surface area contributed by atoms with Crippen molar-refractivity contribution < 1.29 is 33.4 Å². The number of rotatable bonds is 15. The van der Waals surface area contributed by atoms with E-state index >= 15 is 0 Å². The van der Waals surface area contributed by atoms with E-state index < -0.39 is 35.6 Å². The molecule has 1 aromatic heterocycles. The normalized spacial score (nSPS) is 14.1. The number of carbonyl (C=O) groups is 4. The molecule has 4 atom stereocenters. The van der Waals surface area contributed by atoms with Gasteiger partial charge in [-0.3, -0.25) is 14.4 Å². The van der Waals surface area contributed by atoms with Crippen molar-refractivity contribution in [1.82, 2.24) is 15.2 Å². The first-order valence-electron chi connectivity index (χ1n) is 14.8. The second-order valence-corrected chi connectivity index (χ2v) is 13.1. The van der Waals surface area contributed by atoms with Crippen LogP contribution in [0.25, 0.3) is 0 Å². The topological polar surface area (TPSA) is 124 Å². The van der Waals surface area contributed by atoms with E-state index in [2.05, 4.69) is 16.9 Å². The summed E-state index contributed by atoms with van der Waals surface area (Å²) in [4.78, 5) is 56.8. The van der Waals surface area contributed by atoms with E-state index in [1.807, 2.05) is 44.2 Å². The lowest BCUT2D eigenvalue weighted by atomic mass is 9.96. The molecule has 0 fully saturated rings. The summed E-state index contributed by atoms with van der Waals surface area (Å²) in [7, 11) is 1.66. The summed E-state index contributed by atoms with van der Waals surface area (Å²) in [6, 6.07) is 8.96. The number of carbonyl (C=O) groups excluding carboxylic acids is 4. The number of ether oxygens (including phenoxy) is 3. The molecule has 1 aromatic carbocycles. The molecule has 2 amide bonds. The van der Waals surface area contributed by atoms with E-state index in [-0.39, 0.29) is 42.7 Å². The summed E-state index contributed by atoms with van der Waals surface area (Å²) in [6.45, 7) is 16.1. The van der Waals surface area contributed by atoms with Crippen LogP contribution in [0, 0.1) is 11.8 Å². The van der Waals surface area contributed by atoms with Gasteiger partial charge in [-0.25, -0.2) is 9.78 Å². The molecule has 242 valence electrons. The molecule has 0 saturated carbocycles. The van der Waals surface area contributed by atoms with Crippen LogP contribution in [0.5, 0.6) is 0 Å². The summed E-state index contributed by atoms with van der Waals surface area (Å²) >= 11 is 1.20. The molecule has 1 heterocycles. The lowest BCUT2D eigenvalue weighted by Gasteiger charge is -2.34. The monoisotopic (exact) mass is 629 g/mol. The SMILES string of the molecule is C=CCOC(=O)[C@@H](C)C[C@H](Cc1ccccc1)NC(=O)c1csc([C@H](C[C@H](C(C)C)N(C)C(=O)OC(C)(C)C)OC(C)=O)n1. The molecule has 0 spiro atoms. The van der Waals surface area contributed by atoms with Gasteiger partial charge >= 0.3 is 18.0 Å². The van der Waals surface area contributed by atoms with Gasteiger partial charge in [0, 0.05) is 37.9 Å². The summed E-state index contributed by atoms with van der Waals surface area (Å²) in [5.74, 6) is -1.73. The van der Waals surface area contributed by atoms with Crippen molar-refractivity contribution in [2.75, 3.05) is 13.7 Å². The van der Waals surface area contributed by atoms with E-state index in [1.54, 1.807) is 40.1 Å². The fourth-order valence-corrected chi connectivity index (χ4v) is 5.50. The maximum Gasteiger partial charge on any atom is 0.410 e. The first-order chi connectivity index (χ1) is 20.6. The van der Waals surface area contributed by atoms with E-state index in [0.29, 0.717) is 17.8 Å². The van der Waals surface area contributed by atoms with Crippen LogP contribution in [0.1, 0.15) is 88.5 Å². The second-order valence-electron chi connectivity index (χ2n) is 12.2. The molecule has 2 rings (SSSR count). The Morgan fingerprint density at radius 3 is 2.32 bits per heavy atom. The molecular weight excluding hydrogens is 582 g/mol. The van der Waals surface area contributed by atoms with Crippen LogP contribution in [0.15, 0.2) is 48.4 Å². The largest absolute Gasteiger partial charge is 0.461 e. The van der Waals surface area contributed by atoms with Gasteiger partial charge in [-0.2, -0.15) is 0 Å². The average molecular weight is 630 g/mol. The van der Waals surface area contributed by atoms with Gasteiger partial charge in [0.2, 0.25) is 0 Å². The molecular formula is C33H47N3O7S. The highest BCUT2D eigenvalue weighted by atomic mass is 32.1. The molecule has 0 aliphatic carbocycles. The lowest BCUT2D eigenvalue weighted by molar-refractivity contribution is -0.148. The molecule has 44 heavy (non-hydrogen) atoms. The molecule has 0 aliphatic heterocycles. The Balaban J connectivity index is 2.26. The third-order valence-corrected chi connectivity index (χ3v) is 7.72. The highest BCUT2D eigenvalue weighted by molar-refractivity contribution is 7.09. The van der Waals surface area contributed by atoms with Gasteiger partial charge in [0.25, 0.3) is 5.91 Å². The first kappa shape index (κ1) is 36.5. The number of thiazole rings is 1. The van der Waals surface area contributed by atoms with Crippen LogP contribution in [0.4, 0.5) is 4.79 Å². The zero-order chi connectivity index (χ0) is 33.0. The maximum absolute atomic E-state index is 13.4. The Labute approximate surface area is 265 Å². The van der Waals surface area contributed by atoms with E-state index in [9.17, 15) is 19.2 Å². The van der Waals surface area contributed by atoms with Crippen LogP contribution < -0.4 is 5.32 Å². The average Bonchev–Trinajstić information content (AvgIpc) is 3.43. The minimum absolute atomic E-state index is 0.00668. The number of benzene rings is 1. The summed E-state index contributed by atoms with van der Waals surface area (Å²) in [5, 5.41) is 5.09. The smallest absolute Gasteiger partial charge is 0.410 e. The number of hydrogen-bond donors (Lipinski definition) is 1.